The van der Waals surface area contributed by atoms with Gasteiger partial charge in [0.25, 0.3) is 0 Å². The number of nitrogens with zero attached hydrogens (tertiary/aromatic N) is 1. The smallest absolute Gasteiger partial charge is 0.304 e. The molecule has 6 nitrogen and oxygen atoms in total. The third kappa shape index (κ3) is 2.62. The van der Waals surface area contributed by atoms with Crippen LogP contribution in [-0.2, 0) is 11.2 Å². The number of carboxylic acids is 1. The van der Waals surface area contributed by atoms with Gasteiger partial charge in [0, 0.05) is 28.6 Å². The Morgan fingerprint density at radius 1 is 1.25 bits per heavy atom. The zero-order valence-electron chi connectivity index (χ0n) is 14.1. The molecular formula is C18H21NO5. The zero-order chi connectivity index (χ0) is 17.3. The fourth-order valence-electron chi connectivity index (χ4n) is 3.61. The van der Waals surface area contributed by atoms with Crippen LogP contribution in [0.4, 0.5) is 0 Å². The van der Waals surface area contributed by atoms with Gasteiger partial charge >= 0.3 is 5.97 Å². The van der Waals surface area contributed by atoms with Gasteiger partial charge in [-0.3, -0.25) is 9.78 Å². The van der Waals surface area contributed by atoms with Gasteiger partial charge in [0.2, 0.25) is 5.75 Å². The molecule has 1 aliphatic carbocycles. The number of methoxy groups -OCH3 is 3. The van der Waals surface area contributed by atoms with Crippen LogP contribution in [0.25, 0.3) is 10.8 Å². The SMILES string of the molecule is COc1cc2cnc3c(c2c(OC)c1OC)CCCC3CC(=O)O. The van der Waals surface area contributed by atoms with Crippen molar-refractivity contribution in [1.82, 2.24) is 4.98 Å². The predicted molar refractivity (Wildman–Crippen MR) is 89.3 cm³/mol. The molecule has 1 aliphatic rings. The van der Waals surface area contributed by atoms with E-state index in [-0.39, 0.29) is 12.3 Å². The molecular weight excluding hydrogens is 310 g/mol. The summed E-state index contributed by atoms with van der Waals surface area (Å²) in [4.78, 5) is 15.7. The summed E-state index contributed by atoms with van der Waals surface area (Å²) in [6.45, 7) is 0. The van der Waals surface area contributed by atoms with E-state index in [1.165, 1.54) is 0 Å². The van der Waals surface area contributed by atoms with Crippen LogP contribution in [0.15, 0.2) is 12.3 Å². The Morgan fingerprint density at radius 3 is 2.62 bits per heavy atom. The Bertz CT molecular complexity index is 787. The van der Waals surface area contributed by atoms with Crippen molar-refractivity contribution in [2.75, 3.05) is 21.3 Å². The molecule has 128 valence electrons. The van der Waals surface area contributed by atoms with E-state index in [1.807, 2.05) is 6.07 Å². The first-order chi connectivity index (χ1) is 11.6. The largest absolute Gasteiger partial charge is 0.493 e. The number of pyridine rings is 1. The first-order valence-electron chi connectivity index (χ1n) is 7.92. The van der Waals surface area contributed by atoms with E-state index < -0.39 is 5.97 Å². The van der Waals surface area contributed by atoms with Crippen LogP contribution >= 0.6 is 0 Å². The topological polar surface area (TPSA) is 77.9 Å². The third-order valence-electron chi connectivity index (χ3n) is 4.60. The van der Waals surface area contributed by atoms with Crippen LogP contribution in [0.5, 0.6) is 17.2 Å². The van der Waals surface area contributed by atoms with Crippen molar-refractivity contribution in [3.05, 3.63) is 23.5 Å². The summed E-state index contributed by atoms with van der Waals surface area (Å²) < 4.78 is 16.5. The number of benzene rings is 1. The maximum atomic E-state index is 11.2. The molecule has 0 radical (unpaired) electrons. The molecule has 0 amide bonds. The van der Waals surface area contributed by atoms with Crippen molar-refractivity contribution in [3.8, 4) is 17.2 Å². The lowest BCUT2D eigenvalue weighted by Gasteiger charge is -2.26. The molecule has 6 heteroatoms. The van der Waals surface area contributed by atoms with Gasteiger partial charge in [-0.15, -0.1) is 0 Å². The van der Waals surface area contributed by atoms with E-state index in [0.717, 1.165) is 41.3 Å². The van der Waals surface area contributed by atoms with Gasteiger partial charge in [-0.1, -0.05) is 0 Å². The number of hydrogen-bond donors (Lipinski definition) is 1. The maximum absolute atomic E-state index is 11.2. The third-order valence-corrected chi connectivity index (χ3v) is 4.60. The predicted octanol–water partition coefficient (Wildman–Crippen LogP) is 3.16. The zero-order valence-corrected chi connectivity index (χ0v) is 14.1. The second-order valence-corrected chi connectivity index (χ2v) is 5.92. The molecule has 0 saturated carbocycles. The number of aromatic nitrogens is 1. The van der Waals surface area contributed by atoms with E-state index >= 15 is 0 Å². The molecule has 1 heterocycles. The summed E-state index contributed by atoms with van der Waals surface area (Å²) in [5.41, 5.74) is 1.92. The van der Waals surface area contributed by atoms with Crippen LogP contribution in [0, 0.1) is 0 Å². The van der Waals surface area contributed by atoms with Gasteiger partial charge in [-0.05, 0) is 30.9 Å². The van der Waals surface area contributed by atoms with E-state index in [2.05, 4.69) is 4.98 Å². The summed E-state index contributed by atoms with van der Waals surface area (Å²) in [5, 5.41) is 11.0. The standard InChI is InChI=1S/C18H21NO5/c1-22-13-7-11-9-19-16-10(8-14(20)21)5-4-6-12(16)15(11)18(24-3)17(13)23-2/h7,9-10H,4-6,8H2,1-3H3,(H,20,21). The Kier molecular flexibility index (Phi) is 4.46. The summed E-state index contributed by atoms with van der Waals surface area (Å²) in [6, 6.07) is 1.88. The molecule has 24 heavy (non-hydrogen) atoms. The highest BCUT2D eigenvalue weighted by Crippen LogP contribution is 2.47. The number of carboxylic acid groups (broad SMARTS) is 1. The molecule has 1 N–H and O–H groups in total. The molecule has 0 fully saturated rings. The van der Waals surface area contributed by atoms with Crippen LogP contribution in [-0.4, -0.2) is 37.4 Å². The Balaban J connectivity index is 2.28. The van der Waals surface area contributed by atoms with Gasteiger partial charge in [0.15, 0.2) is 11.5 Å². The second kappa shape index (κ2) is 6.55. The molecule has 0 spiro atoms. The molecule has 2 aromatic rings. The van der Waals surface area contributed by atoms with Crippen molar-refractivity contribution in [2.45, 2.75) is 31.6 Å². The Hall–Kier alpha value is -2.50. The number of hydrogen-bond acceptors (Lipinski definition) is 5. The molecule has 0 aliphatic heterocycles. The minimum Gasteiger partial charge on any atom is -0.493 e. The molecule has 1 aromatic carbocycles. The number of aliphatic carboxylic acids is 1. The number of fused-ring (bicyclic) bond motifs is 3. The fourth-order valence-corrected chi connectivity index (χ4v) is 3.61. The second-order valence-electron chi connectivity index (χ2n) is 5.92. The molecule has 1 unspecified atom stereocenters. The summed E-state index contributed by atoms with van der Waals surface area (Å²) in [7, 11) is 4.76. The Labute approximate surface area is 140 Å². The number of ether oxygens (including phenoxy) is 3. The monoisotopic (exact) mass is 331 g/mol. The van der Waals surface area contributed by atoms with E-state index in [1.54, 1.807) is 27.5 Å². The van der Waals surface area contributed by atoms with Crippen molar-refractivity contribution >= 4 is 16.7 Å². The lowest BCUT2D eigenvalue weighted by molar-refractivity contribution is -0.137. The van der Waals surface area contributed by atoms with Crippen molar-refractivity contribution < 1.29 is 24.1 Å². The van der Waals surface area contributed by atoms with Crippen LogP contribution in [0.1, 0.15) is 36.4 Å². The fraction of sp³-hybridized carbons (Fsp3) is 0.444. The van der Waals surface area contributed by atoms with Gasteiger partial charge in [-0.2, -0.15) is 0 Å². The van der Waals surface area contributed by atoms with Crippen molar-refractivity contribution in [2.24, 2.45) is 0 Å². The average Bonchev–Trinajstić information content (AvgIpc) is 2.59. The highest BCUT2D eigenvalue weighted by Gasteiger charge is 2.28. The molecule has 1 aromatic heterocycles. The van der Waals surface area contributed by atoms with Crippen LogP contribution in [0.2, 0.25) is 0 Å². The Morgan fingerprint density at radius 2 is 2.00 bits per heavy atom. The minimum atomic E-state index is -0.797. The summed E-state index contributed by atoms with van der Waals surface area (Å²) in [5.74, 6) is 0.881. The highest BCUT2D eigenvalue weighted by atomic mass is 16.5. The summed E-state index contributed by atoms with van der Waals surface area (Å²) >= 11 is 0. The van der Waals surface area contributed by atoms with Crippen LogP contribution in [0.3, 0.4) is 0 Å². The quantitative estimate of drug-likeness (QED) is 0.907. The van der Waals surface area contributed by atoms with Crippen molar-refractivity contribution in [3.63, 3.8) is 0 Å². The highest BCUT2D eigenvalue weighted by molar-refractivity contribution is 5.96. The van der Waals surface area contributed by atoms with Gasteiger partial charge in [0.1, 0.15) is 0 Å². The first kappa shape index (κ1) is 16.4. The van der Waals surface area contributed by atoms with Gasteiger partial charge in [0.05, 0.1) is 27.8 Å². The number of carbonyl (C=O) groups is 1. The van der Waals surface area contributed by atoms with Gasteiger partial charge in [-0.25, -0.2) is 0 Å². The molecule has 1 atom stereocenters. The molecule has 3 rings (SSSR count). The maximum Gasteiger partial charge on any atom is 0.304 e. The minimum absolute atomic E-state index is 0.0616. The van der Waals surface area contributed by atoms with Crippen LogP contribution < -0.4 is 14.2 Å². The molecule has 0 bridgehead atoms. The number of rotatable bonds is 5. The molecule has 0 saturated heterocycles. The lowest BCUT2D eigenvalue weighted by Crippen LogP contribution is -2.16. The first-order valence-corrected chi connectivity index (χ1v) is 7.92. The van der Waals surface area contributed by atoms with E-state index in [9.17, 15) is 4.79 Å². The van der Waals surface area contributed by atoms with E-state index in [0.29, 0.717) is 17.2 Å². The average molecular weight is 331 g/mol. The van der Waals surface area contributed by atoms with Crippen molar-refractivity contribution in [1.29, 1.82) is 0 Å². The normalized spacial score (nSPS) is 16.5. The van der Waals surface area contributed by atoms with Gasteiger partial charge < -0.3 is 19.3 Å². The van der Waals surface area contributed by atoms with E-state index in [4.69, 9.17) is 19.3 Å². The number of aryl methyl sites for hydroxylation is 1. The lowest BCUT2D eigenvalue weighted by atomic mass is 9.82. The summed E-state index contributed by atoms with van der Waals surface area (Å²) in [6.07, 6.45) is 4.48.